The SMILES string of the molecule is C[C@@H]1CC[C@@]2(OC1)O[C@H]1C[C@H]3[C@@H]4CC=C5C[C@@H](O)C[C@@H](O)[C@]5(C)[C@H]4CC[C@]3(C)[C@H]1[C@@H]2C. The van der Waals surface area contributed by atoms with Crippen LogP contribution in [0.25, 0.3) is 0 Å². The van der Waals surface area contributed by atoms with Gasteiger partial charge < -0.3 is 19.7 Å². The fourth-order valence-corrected chi connectivity index (χ4v) is 9.72. The molecule has 0 bridgehead atoms. The Morgan fingerprint density at radius 2 is 1.84 bits per heavy atom. The molecule has 4 nitrogen and oxygen atoms in total. The van der Waals surface area contributed by atoms with Crippen LogP contribution < -0.4 is 0 Å². The maximum Gasteiger partial charge on any atom is 0.171 e. The molecule has 0 aromatic heterocycles. The molecule has 3 saturated carbocycles. The largest absolute Gasteiger partial charge is 0.393 e. The van der Waals surface area contributed by atoms with Crippen LogP contribution in [0.5, 0.6) is 0 Å². The molecule has 2 N–H and O–H groups in total. The number of rotatable bonds is 0. The maximum atomic E-state index is 11.1. The Bertz CT molecular complexity index is 769. The fourth-order valence-electron chi connectivity index (χ4n) is 9.72. The molecule has 6 rings (SSSR count). The Kier molecular flexibility index (Phi) is 4.64. The molecule has 174 valence electrons. The molecule has 6 aliphatic rings. The summed E-state index contributed by atoms with van der Waals surface area (Å²) in [6.45, 7) is 10.4. The first kappa shape index (κ1) is 21.1. The predicted molar refractivity (Wildman–Crippen MR) is 119 cm³/mol. The highest BCUT2D eigenvalue weighted by molar-refractivity contribution is 5.28. The highest BCUT2D eigenvalue weighted by atomic mass is 16.7. The molecule has 4 heteroatoms. The lowest BCUT2D eigenvalue weighted by molar-refractivity contribution is -0.272. The first-order valence-corrected chi connectivity index (χ1v) is 13.1. The number of hydrogen-bond donors (Lipinski definition) is 2. The van der Waals surface area contributed by atoms with Gasteiger partial charge in [0.25, 0.3) is 0 Å². The zero-order chi connectivity index (χ0) is 21.8. The van der Waals surface area contributed by atoms with Crippen molar-refractivity contribution in [3.05, 3.63) is 11.6 Å². The average Bonchev–Trinajstić information content (AvgIpc) is 3.16. The zero-order valence-corrected chi connectivity index (χ0v) is 19.8. The van der Waals surface area contributed by atoms with Crippen LogP contribution in [0.15, 0.2) is 11.6 Å². The van der Waals surface area contributed by atoms with Gasteiger partial charge >= 0.3 is 0 Å². The number of aliphatic hydroxyl groups excluding tert-OH is 2. The Labute approximate surface area is 187 Å². The van der Waals surface area contributed by atoms with Crippen molar-refractivity contribution in [2.24, 2.45) is 46.3 Å². The van der Waals surface area contributed by atoms with Crippen molar-refractivity contribution in [3.8, 4) is 0 Å². The van der Waals surface area contributed by atoms with E-state index in [4.69, 9.17) is 9.47 Å². The van der Waals surface area contributed by atoms with E-state index in [2.05, 4.69) is 33.8 Å². The first-order valence-electron chi connectivity index (χ1n) is 13.1. The summed E-state index contributed by atoms with van der Waals surface area (Å²) in [5.74, 6) is 3.17. The number of allylic oxidation sites excluding steroid dienone is 1. The number of fused-ring (bicyclic) bond motifs is 7. The Hall–Kier alpha value is -0.420. The van der Waals surface area contributed by atoms with E-state index in [1.54, 1.807) is 0 Å². The summed E-state index contributed by atoms with van der Waals surface area (Å²) in [6.07, 6.45) is 10.2. The van der Waals surface area contributed by atoms with E-state index in [0.717, 1.165) is 32.3 Å². The van der Waals surface area contributed by atoms with E-state index >= 15 is 0 Å². The summed E-state index contributed by atoms with van der Waals surface area (Å²) in [5.41, 5.74) is 1.48. The van der Waals surface area contributed by atoms with Crippen LogP contribution in [0, 0.1) is 46.3 Å². The number of hydrogen-bond acceptors (Lipinski definition) is 4. The Morgan fingerprint density at radius 1 is 1.03 bits per heavy atom. The summed E-state index contributed by atoms with van der Waals surface area (Å²) in [4.78, 5) is 0. The molecule has 31 heavy (non-hydrogen) atoms. The topological polar surface area (TPSA) is 58.9 Å². The number of ether oxygens (including phenoxy) is 2. The van der Waals surface area contributed by atoms with Gasteiger partial charge in [-0.1, -0.05) is 39.3 Å². The molecule has 4 aliphatic carbocycles. The molecule has 2 heterocycles. The third-order valence-electron chi connectivity index (χ3n) is 11.4. The van der Waals surface area contributed by atoms with Gasteiger partial charge in [-0.25, -0.2) is 0 Å². The molecule has 2 aliphatic heterocycles. The van der Waals surface area contributed by atoms with Gasteiger partial charge in [-0.3, -0.25) is 0 Å². The fraction of sp³-hybridized carbons (Fsp3) is 0.926. The van der Waals surface area contributed by atoms with Crippen LogP contribution in [0.3, 0.4) is 0 Å². The van der Waals surface area contributed by atoms with E-state index < -0.39 is 6.10 Å². The van der Waals surface area contributed by atoms with Crippen molar-refractivity contribution in [3.63, 3.8) is 0 Å². The van der Waals surface area contributed by atoms with Crippen LogP contribution in [0.2, 0.25) is 0 Å². The molecule has 1 spiro atoms. The smallest absolute Gasteiger partial charge is 0.171 e. The number of aliphatic hydroxyl groups is 2. The van der Waals surface area contributed by atoms with Crippen LogP contribution in [0.4, 0.5) is 0 Å². The van der Waals surface area contributed by atoms with Gasteiger partial charge in [-0.2, -0.15) is 0 Å². The normalized spacial score (nSPS) is 60.7. The highest BCUT2D eigenvalue weighted by Gasteiger charge is 2.69. The van der Waals surface area contributed by atoms with Crippen LogP contribution in [-0.4, -0.2) is 40.9 Å². The molecular formula is C27H42O4. The highest BCUT2D eigenvalue weighted by Crippen LogP contribution is 2.70. The summed E-state index contributed by atoms with van der Waals surface area (Å²) in [6, 6.07) is 0. The van der Waals surface area contributed by atoms with Gasteiger partial charge in [0.05, 0.1) is 24.9 Å². The molecule has 0 radical (unpaired) electrons. The van der Waals surface area contributed by atoms with Gasteiger partial charge in [-0.15, -0.1) is 0 Å². The van der Waals surface area contributed by atoms with Crippen molar-refractivity contribution in [2.75, 3.05) is 6.61 Å². The second-order valence-electron chi connectivity index (χ2n) is 12.8. The van der Waals surface area contributed by atoms with Gasteiger partial charge in [0.1, 0.15) is 0 Å². The van der Waals surface area contributed by atoms with Crippen LogP contribution in [0.1, 0.15) is 79.1 Å². The van der Waals surface area contributed by atoms with Gasteiger partial charge in [-0.05, 0) is 73.5 Å². The lowest BCUT2D eigenvalue weighted by atomic mass is 9.46. The van der Waals surface area contributed by atoms with Gasteiger partial charge in [0.15, 0.2) is 5.79 Å². The monoisotopic (exact) mass is 430 g/mol. The third-order valence-corrected chi connectivity index (χ3v) is 11.4. The van der Waals surface area contributed by atoms with E-state index in [-0.39, 0.29) is 17.3 Å². The Balaban J connectivity index is 1.29. The van der Waals surface area contributed by atoms with Crippen molar-refractivity contribution in [1.82, 2.24) is 0 Å². The van der Waals surface area contributed by atoms with E-state index in [9.17, 15) is 10.2 Å². The molecule has 12 atom stereocenters. The van der Waals surface area contributed by atoms with Crippen LogP contribution in [-0.2, 0) is 9.47 Å². The van der Waals surface area contributed by atoms with Crippen molar-refractivity contribution in [1.29, 1.82) is 0 Å². The standard InChI is InChI=1S/C27H42O4/c1-15-7-10-27(30-14-15)16(2)24-22(31-27)13-21-19-6-5-17-11-18(28)12-23(29)26(17,4)20(19)8-9-25(21,24)3/h5,15-16,18-24,28-29H,6-14H2,1-4H3/t15-,16+,18-,19-,20+,21+,22+,23-,24+,25+,26+,27-/m1/s1. The summed E-state index contributed by atoms with van der Waals surface area (Å²) in [5, 5.41) is 21.4. The minimum atomic E-state index is -0.420. The summed E-state index contributed by atoms with van der Waals surface area (Å²) >= 11 is 0. The summed E-state index contributed by atoms with van der Waals surface area (Å²) in [7, 11) is 0. The second kappa shape index (κ2) is 6.81. The quantitative estimate of drug-likeness (QED) is 0.548. The molecular weight excluding hydrogens is 388 g/mol. The lowest BCUT2D eigenvalue weighted by Crippen LogP contribution is -2.56. The third kappa shape index (κ3) is 2.68. The maximum absolute atomic E-state index is 11.1. The molecule has 5 fully saturated rings. The van der Waals surface area contributed by atoms with Crippen molar-refractivity contribution >= 4 is 0 Å². The first-order chi connectivity index (χ1) is 14.7. The molecule has 0 amide bonds. The predicted octanol–water partition coefficient (Wildman–Crippen LogP) is 4.68. The van der Waals surface area contributed by atoms with Gasteiger partial charge in [0.2, 0.25) is 0 Å². The molecule has 0 unspecified atom stereocenters. The van der Waals surface area contributed by atoms with E-state index in [1.165, 1.54) is 24.8 Å². The summed E-state index contributed by atoms with van der Waals surface area (Å²) < 4.78 is 13.3. The minimum absolute atomic E-state index is 0.155. The Morgan fingerprint density at radius 3 is 2.58 bits per heavy atom. The molecule has 0 aromatic carbocycles. The zero-order valence-electron chi connectivity index (χ0n) is 19.8. The average molecular weight is 431 g/mol. The van der Waals surface area contributed by atoms with Crippen molar-refractivity contribution in [2.45, 2.75) is 103 Å². The van der Waals surface area contributed by atoms with Crippen LogP contribution >= 0.6 is 0 Å². The van der Waals surface area contributed by atoms with E-state index in [1.807, 2.05) is 0 Å². The minimum Gasteiger partial charge on any atom is -0.393 e. The van der Waals surface area contributed by atoms with Gasteiger partial charge in [0, 0.05) is 24.2 Å². The molecule has 2 saturated heterocycles. The van der Waals surface area contributed by atoms with Crippen molar-refractivity contribution < 1.29 is 19.7 Å². The lowest BCUT2D eigenvalue weighted by Gasteiger charge is -2.59. The van der Waals surface area contributed by atoms with E-state index in [0.29, 0.717) is 53.4 Å². The molecule has 0 aromatic rings. The second-order valence-corrected chi connectivity index (χ2v) is 12.8.